The normalized spacial score (nSPS) is 11.3. The van der Waals surface area contributed by atoms with Crippen molar-refractivity contribution < 1.29 is 5.11 Å². The summed E-state index contributed by atoms with van der Waals surface area (Å²) in [6.07, 6.45) is 0.160. The summed E-state index contributed by atoms with van der Waals surface area (Å²) in [7, 11) is 0. The summed E-state index contributed by atoms with van der Waals surface area (Å²) in [5.41, 5.74) is 6.90. The molecule has 0 heterocycles. The van der Waals surface area contributed by atoms with Crippen LogP contribution in [0, 0.1) is 18.3 Å². The van der Waals surface area contributed by atoms with Gasteiger partial charge in [0.1, 0.15) is 5.75 Å². The molecule has 1 aromatic carbocycles. The van der Waals surface area contributed by atoms with E-state index in [4.69, 9.17) is 22.6 Å². The van der Waals surface area contributed by atoms with E-state index >= 15 is 0 Å². The summed E-state index contributed by atoms with van der Waals surface area (Å²) in [5, 5.41) is 18.7. The summed E-state index contributed by atoms with van der Waals surface area (Å²) in [4.78, 5) is 0. The fourth-order valence-corrected chi connectivity index (χ4v) is 1.53. The Morgan fingerprint density at radius 3 is 2.73 bits per heavy atom. The number of nitrogens with two attached hydrogens (primary N) is 1. The molecule has 5 heteroatoms. The van der Waals surface area contributed by atoms with Gasteiger partial charge in [0.25, 0.3) is 0 Å². The average molecular weight is 247 g/mol. The van der Waals surface area contributed by atoms with Crippen LogP contribution in [0.15, 0.2) is 12.1 Å². The molecule has 0 unspecified atom stereocenters. The first kappa shape index (κ1) is 14.1. The molecule has 3 N–H and O–H groups in total. The second-order valence-corrected chi connectivity index (χ2v) is 3.57. The Bertz CT molecular complexity index is 388. The predicted octanol–water partition coefficient (Wildman–Crippen LogP) is 2.69. The van der Waals surface area contributed by atoms with Gasteiger partial charge in [0.15, 0.2) is 0 Å². The zero-order chi connectivity index (χ0) is 10.7. The second kappa shape index (κ2) is 5.82. The van der Waals surface area contributed by atoms with E-state index in [2.05, 4.69) is 0 Å². The summed E-state index contributed by atoms with van der Waals surface area (Å²) in [5.74, 6) is 0.122. The molecular formula is C10H12Cl2N2O. The van der Waals surface area contributed by atoms with Gasteiger partial charge in [-0.15, -0.1) is 12.4 Å². The van der Waals surface area contributed by atoms with Gasteiger partial charge in [-0.25, -0.2) is 0 Å². The molecule has 3 nitrogen and oxygen atoms in total. The summed E-state index contributed by atoms with van der Waals surface area (Å²) in [6, 6.07) is 4.71. The zero-order valence-electron chi connectivity index (χ0n) is 8.20. The van der Waals surface area contributed by atoms with Crippen LogP contribution in [0.1, 0.15) is 23.6 Å². The van der Waals surface area contributed by atoms with Gasteiger partial charge in [0.2, 0.25) is 0 Å². The van der Waals surface area contributed by atoms with Crippen molar-refractivity contribution >= 4 is 24.0 Å². The van der Waals surface area contributed by atoms with Crippen LogP contribution in [0.4, 0.5) is 0 Å². The van der Waals surface area contributed by atoms with Crippen LogP contribution >= 0.6 is 24.0 Å². The Kier molecular flexibility index (Phi) is 5.45. The molecule has 0 aliphatic rings. The van der Waals surface area contributed by atoms with Crippen LogP contribution in [0.2, 0.25) is 5.02 Å². The highest BCUT2D eigenvalue weighted by molar-refractivity contribution is 6.30. The number of rotatable bonds is 2. The van der Waals surface area contributed by atoms with Crippen LogP contribution in [0.3, 0.4) is 0 Å². The SMILES string of the molecule is Cc1cc(Cl)cc([C@@H](N)CC#N)c1O.Cl. The van der Waals surface area contributed by atoms with Crippen molar-refractivity contribution in [1.82, 2.24) is 0 Å². The fraction of sp³-hybridized carbons (Fsp3) is 0.300. The summed E-state index contributed by atoms with van der Waals surface area (Å²) >= 11 is 5.82. The molecule has 0 amide bonds. The van der Waals surface area contributed by atoms with Gasteiger partial charge in [-0.3, -0.25) is 0 Å². The number of nitrogens with zero attached hydrogens (tertiary/aromatic N) is 1. The van der Waals surface area contributed by atoms with Crippen LogP contribution in [-0.2, 0) is 0 Å². The predicted molar refractivity (Wildman–Crippen MR) is 62.3 cm³/mol. The minimum absolute atomic E-state index is 0. The number of aromatic hydroxyl groups is 1. The molecule has 1 atom stereocenters. The highest BCUT2D eigenvalue weighted by atomic mass is 35.5. The number of hydrogen-bond donors (Lipinski definition) is 2. The van der Waals surface area contributed by atoms with E-state index in [1.807, 2.05) is 6.07 Å². The third-order valence-corrected chi connectivity index (χ3v) is 2.22. The molecule has 15 heavy (non-hydrogen) atoms. The van der Waals surface area contributed by atoms with E-state index in [0.717, 1.165) is 0 Å². The number of benzene rings is 1. The Balaban J connectivity index is 0.00000196. The van der Waals surface area contributed by atoms with E-state index < -0.39 is 6.04 Å². The number of nitriles is 1. The van der Waals surface area contributed by atoms with Gasteiger partial charge in [0, 0.05) is 16.6 Å². The third-order valence-electron chi connectivity index (χ3n) is 2.01. The van der Waals surface area contributed by atoms with Gasteiger partial charge < -0.3 is 10.8 Å². The molecule has 82 valence electrons. The molecular weight excluding hydrogens is 235 g/mol. The molecule has 0 aliphatic heterocycles. The highest BCUT2D eigenvalue weighted by Gasteiger charge is 2.13. The van der Waals surface area contributed by atoms with E-state index in [1.54, 1.807) is 19.1 Å². The van der Waals surface area contributed by atoms with Crippen LogP contribution in [-0.4, -0.2) is 5.11 Å². The van der Waals surface area contributed by atoms with Gasteiger partial charge in [-0.2, -0.15) is 5.26 Å². The molecule has 0 radical (unpaired) electrons. The Hall–Kier alpha value is -0.950. The zero-order valence-corrected chi connectivity index (χ0v) is 9.77. The van der Waals surface area contributed by atoms with Crippen molar-refractivity contribution in [1.29, 1.82) is 5.26 Å². The fourth-order valence-electron chi connectivity index (χ4n) is 1.25. The maximum absolute atomic E-state index is 9.67. The first-order valence-corrected chi connectivity index (χ1v) is 4.55. The van der Waals surface area contributed by atoms with Crippen molar-refractivity contribution in [2.24, 2.45) is 5.73 Å². The molecule has 0 saturated heterocycles. The van der Waals surface area contributed by atoms with E-state index in [9.17, 15) is 5.11 Å². The molecule has 0 fully saturated rings. The Morgan fingerprint density at radius 2 is 2.20 bits per heavy atom. The monoisotopic (exact) mass is 246 g/mol. The largest absolute Gasteiger partial charge is 0.507 e. The van der Waals surface area contributed by atoms with Crippen molar-refractivity contribution in [3.63, 3.8) is 0 Å². The van der Waals surface area contributed by atoms with E-state index in [0.29, 0.717) is 16.1 Å². The van der Waals surface area contributed by atoms with Gasteiger partial charge in [-0.1, -0.05) is 11.6 Å². The smallest absolute Gasteiger partial charge is 0.123 e. The van der Waals surface area contributed by atoms with E-state index in [-0.39, 0.29) is 24.6 Å². The molecule has 0 aromatic heterocycles. The molecule has 0 bridgehead atoms. The molecule has 0 saturated carbocycles. The topological polar surface area (TPSA) is 70.0 Å². The van der Waals surface area contributed by atoms with E-state index in [1.165, 1.54) is 0 Å². The minimum Gasteiger partial charge on any atom is -0.507 e. The van der Waals surface area contributed by atoms with Gasteiger partial charge in [-0.05, 0) is 24.6 Å². The first-order valence-electron chi connectivity index (χ1n) is 4.17. The first-order chi connectivity index (χ1) is 6.56. The maximum Gasteiger partial charge on any atom is 0.123 e. The summed E-state index contributed by atoms with van der Waals surface area (Å²) in [6.45, 7) is 1.74. The van der Waals surface area contributed by atoms with Crippen molar-refractivity contribution in [2.75, 3.05) is 0 Å². The lowest BCUT2D eigenvalue weighted by Gasteiger charge is -2.12. The Morgan fingerprint density at radius 1 is 1.60 bits per heavy atom. The van der Waals surface area contributed by atoms with Crippen molar-refractivity contribution in [3.8, 4) is 11.8 Å². The van der Waals surface area contributed by atoms with Crippen LogP contribution in [0.5, 0.6) is 5.75 Å². The molecule has 1 aromatic rings. The van der Waals surface area contributed by atoms with Crippen molar-refractivity contribution in [2.45, 2.75) is 19.4 Å². The standard InChI is InChI=1S/C10H11ClN2O.ClH/c1-6-4-7(11)5-8(10(6)14)9(13)2-3-12;/h4-5,9,14H,2,13H2,1H3;1H/t9-;/m0./s1. The van der Waals surface area contributed by atoms with Crippen molar-refractivity contribution in [3.05, 3.63) is 28.3 Å². The molecule has 0 aliphatic carbocycles. The van der Waals surface area contributed by atoms with Crippen LogP contribution in [0.25, 0.3) is 0 Å². The second-order valence-electron chi connectivity index (χ2n) is 3.13. The summed E-state index contributed by atoms with van der Waals surface area (Å²) < 4.78 is 0. The lowest BCUT2D eigenvalue weighted by atomic mass is 10.0. The number of hydrogen-bond acceptors (Lipinski definition) is 3. The highest BCUT2D eigenvalue weighted by Crippen LogP contribution is 2.31. The third kappa shape index (κ3) is 3.28. The molecule has 1 rings (SSSR count). The average Bonchev–Trinajstić information content (AvgIpc) is 2.11. The number of phenols is 1. The molecule has 0 spiro atoms. The number of phenolic OH excluding ortho intramolecular Hbond substituents is 1. The lowest BCUT2D eigenvalue weighted by Crippen LogP contribution is -2.09. The van der Waals surface area contributed by atoms with Crippen LogP contribution < -0.4 is 5.73 Å². The minimum atomic E-state index is -0.489. The van der Waals surface area contributed by atoms with Gasteiger partial charge >= 0.3 is 0 Å². The number of aryl methyl sites for hydroxylation is 1. The number of halogens is 2. The quantitative estimate of drug-likeness (QED) is 0.843. The Labute approximate surface area is 99.9 Å². The van der Waals surface area contributed by atoms with Gasteiger partial charge in [0.05, 0.1) is 12.5 Å². The lowest BCUT2D eigenvalue weighted by molar-refractivity contribution is 0.458. The maximum atomic E-state index is 9.67.